The molecular weight excluding hydrogens is 565 g/mol. The van der Waals surface area contributed by atoms with Crippen LogP contribution in [0.5, 0.6) is 0 Å². The summed E-state index contributed by atoms with van der Waals surface area (Å²) < 4.78 is 4.47. The van der Waals surface area contributed by atoms with Crippen LogP contribution in [0, 0.1) is 0 Å². The minimum Gasteiger partial charge on any atom is -0.244 e. The van der Waals surface area contributed by atoms with E-state index in [1.165, 1.54) is 11.5 Å². The maximum absolute atomic E-state index is 4.80. The van der Waals surface area contributed by atoms with Crippen molar-refractivity contribution in [2.24, 2.45) is 0 Å². The molecule has 0 atom stereocenters. The highest BCUT2D eigenvalue weighted by atomic mass is 32.1. The van der Waals surface area contributed by atoms with E-state index in [4.69, 9.17) is 24.9 Å². The highest BCUT2D eigenvalue weighted by molar-refractivity contribution is 7.16. The van der Waals surface area contributed by atoms with Gasteiger partial charge in [-0.05, 0) is 17.6 Å². The van der Waals surface area contributed by atoms with Gasteiger partial charge >= 0.3 is 0 Å². The molecule has 6 nitrogen and oxygen atoms in total. The van der Waals surface area contributed by atoms with Crippen LogP contribution in [0.25, 0.3) is 63.3 Å². The molecule has 0 spiro atoms. The first-order valence-electron chi connectivity index (χ1n) is 10.5. The van der Waals surface area contributed by atoms with Gasteiger partial charge in [0.05, 0.1) is 4.88 Å². The zero-order valence-electron chi connectivity index (χ0n) is 18.1. The van der Waals surface area contributed by atoms with Gasteiger partial charge in [0.2, 0.25) is 0 Å². The Morgan fingerprint density at radius 1 is 0.389 bits per heavy atom. The average molecular weight is 577 g/mol. The lowest BCUT2D eigenvalue weighted by molar-refractivity contribution is 1.35. The van der Waals surface area contributed by atoms with Crippen LogP contribution in [0.1, 0.15) is 0 Å². The predicted molar refractivity (Wildman–Crippen MR) is 153 cm³/mol. The fourth-order valence-electron chi connectivity index (χ4n) is 4.15. The molecule has 0 fully saturated rings. The minimum absolute atomic E-state index is 0.914. The number of benzene rings is 1. The molecule has 7 aromatic rings. The smallest absolute Gasteiger partial charge is 0.124 e. The van der Waals surface area contributed by atoms with Crippen molar-refractivity contribution in [3.63, 3.8) is 0 Å². The van der Waals surface area contributed by atoms with Gasteiger partial charge in [0.15, 0.2) is 0 Å². The van der Waals surface area contributed by atoms with Gasteiger partial charge in [0, 0.05) is 97.5 Å². The summed E-state index contributed by atoms with van der Waals surface area (Å²) in [4.78, 5) is 25.0. The minimum atomic E-state index is 0.914. The molecule has 6 heterocycles. The summed E-state index contributed by atoms with van der Waals surface area (Å²) in [7, 11) is 0. The van der Waals surface area contributed by atoms with Crippen LogP contribution in [0.3, 0.4) is 0 Å². The van der Waals surface area contributed by atoms with Crippen LogP contribution < -0.4 is 0 Å². The molecule has 6 aromatic heterocycles. The molecule has 1 aromatic carbocycles. The van der Waals surface area contributed by atoms with Gasteiger partial charge < -0.3 is 0 Å². The van der Waals surface area contributed by atoms with Crippen LogP contribution in [-0.4, -0.2) is 29.3 Å². The SMILES string of the molecule is c1cc(-c2c(-c3nccs3)c(-c3nccs3)c(-c3nccs3)c(-c3nccs3)c2-c2nccs2)sn1. The molecule has 0 aliphatic carbocycles. The van der Waals surface area contributed by atoms with Gasteiger partial charge in [-0.1, -0.05) is 0 Å². The third kappa shape index (κ3) is 3.69. The van der Waals surface area contributed by atoms with E-state index in [1.807, 2.05) is 64.1 Å². The first-order valence-corrected chi connectivity index (χ1v) is 15.7. The van der Waals surface area contributed by atoms with Crippen LogP contribution in [-0.2, 0) is 0 Å². The predicted octanol–water partition coefficient (Wildman–Crippen LogP) is 8.43. The number of rotatable bonds is 6. The van der Waals surface area contributed by atoms with Gasteiger partial charge in [0.25, 0.3) is 0 Å². The van der Waals surface area contributed by atoms with Crippen molar-refractivity contribution in [3.05, 3.63) is 70.1 Å². The summed E-state index contributed by atoms with van der Waals surface area (Å²) in [5, 5.41) is 14.6. The van der Waals surface area contributed by atoms with Gasteiger partial charge in [-0.25, -0.2) is 29.3 Å². The van der Waals surface area contributed by atoms with Crippen LogP contribution in [0.2, 0.25) is 0 Å². The molecule has 12 heteroatoms. The molecule has 0 amide bonds. The summed E-state index contributed by atoms with van der Waals surface area (Å²) in [6.07, 6.45) is 11.1. The van der Waals surface area contributed by atoms with Gasteiger partial charge in [-0.2, -0.15) is 0 Å². The van der Waals surface area contributed by atoms with Gasteiger partial charge in [-0.15, -0.1) is 56.7 Å². The standard InChI is InChI=1S/C24H12N6S6/c1-2-30-36-13(1)14-15(20-25-3-8-31-20)17(22-27-5-10-33-22)19(24-29-7-12-35-24)18(23-28-6-11-34-23)16(14)21-26-4-9-32-21/h1-12H. The van der Waals surface area contributed by atoms with E-state index >= 15 is 0 Å². The number of hydrogen-bond donors (Lipinski definition) is 0. The van der Waals surface area contributed by atoms with E-state index < -0.39 is 0 Å². The quantitative estimate of drug-likeness (QED) is 0.198. The van der Waals surface area contributed by atoms with Crippen molar-refractivity contribution in [2.75, 3.05) is 0 Å². The first kappa shape index (κ1) is 22.2. The van der Waals surface area contributed by atoms with Crippen molar-refractivity contribution in [1.29, 1.82) is 0 Å². The highest BCUT2D eigenvalue weighted by Crippen LogP contribution is 2.57. The lowest BCUT2D eigenvalue weighted by atomic mass is 9.86. The molecule has 7 rings (SSSR count). The molecule has 0 radical (unpaired) electrons. The molecule has 0 bridgehead atoms. The third-order valence-corrected chi connectivity index (χ3v) is 10.1. The Hall–Kier alpha value is -3.00. The first-order chi connectivity index (χ1) is 17.9. The van der Waals surface area contributed by atoms with Crippen molar-refractivity contribution in [2.45, 2.75) is 0 Å². The molecule has 0 saturated heterocycles. The monoisotopic (exact) mass is 576 g/mol. The Balaban J connectivity index is 1.79. The van der Waals surface area contributed by atoms with Crippen molar-refractivity contribution in [3.8, 4) is 63.3 Å². The van der Waals surface area contributed by atoms with E-state index in [-0.39, 0.29) is 0 Å². The molecule has 36 heavy (non-hydrogen) atoms. The van der Waals surface area contributed by atoms with E-state index in [9.17, 15) is 0 Å². The summed E-state index contributed by atoms with van der Waals surface area (Å²) in [5.41, 5.74) is 6.16. The lowest BCUT2D eigenvalue weighted by Crippen LogP contribution is -2.00. The maximum atomic E-state index is 4.80. The second-order valence-corrected chi connectivity index (χ2v) is 12.6. The fraction of sp³-hybridized carbons (Fsp3) is 0. The number of nitrogens with zero attached hydrogens (tertiary/aromatic N) is 6. The summed E-state index contributed by atoms with van der Waals surface area (Å²) in [5.74, 6) is 0. The Morgan fingerprint density at radius 2 is 0.722 bits per heavy atom. The number of thiazole rings is 5. The third-order valence-electron chi connectivity index (χ3n) is 5.42. The largest absolute Gasteiger partial charge is 0.244 e. The van der Waals surface area contributed by atoms with Crippen molar-refractivity contribution >= 4 is 68.2 Å². The zero-order valence-corrected chi connectivity index (χ0v) is 23.0. The molecule has 174 valence electrons. The normalized spacial score (nSPS) is 11.3. The number of hydrogen-bond acceptors (Lipinski definition) is 12. The van der Waals surface area contributed by atoms with Gasteiger partial charge in [0.1, 0.15) is 25.0 Å². The molecule has 0 unspecified atom stereocenters. The van der Waals surface area contributed by atoms with E-state index in [1.54, 1.807) is 56.7 Å². The fourth-order valence-corrected chi connectivity index (χ4v) is 8.27. The topological polar surface area (TPSA) is 77.3 Å². The number of aromatic nitrogens is 6. The van der Waals surface area contributed by atoms with E-state index in [0.29, 0.717) is 0 Å². The summed E-state index contributed by atoms with van der Waals surface area (Å²) in [6.45, 7) is 0. The lowest BCUT2D eigenvalue weighted by Gasteiger charge is -2.22. The summed E-state index contributed by atoms with van der Waals surface area (Å²) in [6, 6.07) is 2.06. The van der Waals surface area contributed by atoms with Gasteiger partial charge in [-0.3, -0.25) is 0 Å². The Kier molecular flexibility index (Phi) is 5.84. The van der Waals surface area contributed by atoms with Crippen molar-refractivity contribution < 1.29 is 0 Å². The molecule has 0 aliphatic heterocycles. The molecule has 0 saturated carbocycles. The van der Waals surface area contributed by atoms with Crippen LogP contribution in [0.15, 0.2) is 70.1 Å². The average Bonchev–Trinajstić information content (AvgIpc) is 3.78. The summed E-state index contributed by atoms with van der Waals surface area (Å²) >= 11 is 9.55. The van der Waals surface area contributed by atoms with Crippen LogP contribution >= 0.6 is 68.2 Å². The van der Waals surface area contributed by atoms with E-state index in [2.05, 4.69) is 10.4 Å². The Morgan fingerprint density at radius 3 is 0.972 bits per heavy atom. The highest BCUT2D eigenvalue weighted by Gasteiger charge is 2.33. The second kappa shape index (κ2) is 9.47. The Labute approximate surface area is 229 Å². The Bertz CT molecular complexity index is 1350. The van der Waals surface area contributed by atoms with Crippen LogP contribution in [0.4, 0.5) is 0 Å². The van der Waals surface area contributed by atoms with Crippen molar-refractivity contribution in [1.82, 2.24) is 29.3 Å². The zero-order chi connectivity index (χ0) is 23.9. The molecule has 0 N–H and O–H groups in total. The second-order valence-electron chi connectivity index (χ2n) is 7.31. The molecule has 0 aliphatic rings. The maximum Gasteiger partial charge on any atom is 0.124 e. The molecular formula is C24H12N6S6. The van der Waals surface area contributed by atoms with E-state index in [0.717, 1.165) is 63.3 Å².